The minimum atomic E-state index is 0.209. The summed E-state index contributed by atoms with van der Waals surface area (Å²) in [7, 11) is 0. The van der Waals surface area contributed by atoms with E-state index in [9.17, 15) is 0 Å². The van der Waals surface area contributed by atoms with Crippen molar-refractivity contribution in [3.8, 4) is 0 Å². The summed E-state index contributed by atoms with van der Waals surface area (Å²) in [6.07, 6.45) is 0. The molecule has 0 saturated carbocycles. The van der Waals surface area contributed by atoms with Crippen LogP contribution >= 0.6 is 59.1 Å². The molecule has 102 valence electrons. The number of rotatable bonds is 4. The van der Waals surface area contributed by atoms with Crippen LogP contribution in [0.25, 0.3) is 0 Å². The zero-order chi connectivity index (χ0) is 14.0. The number of halogens is 3. The number of nitrogens with one attached hydrogen (secondary N) is 1. The summed E-state index contributed by atoms with van der Waals surface area (Å²) in [6, 6.07) is 8.72. The molecule has 0 radical (unpaired) electrons. The molecule has 1 aromatic carbocycles. The standard InChI is InChI=1S/C14H14Br3NS/c1-3-18-13(14-12(17)6-8(2)19-14)10-5-4-9(15)7-11(10)16/h4-7,13,18H,3H2,1-2H3. The summed E-state index contributed by atoms with van der Waals surface area (Å²) in [5.41, 5.74) is 1.26. The average molecular weight is 468 g/mol. The van der Waals surface area contributed by atoms with Gasteiger partial charge in [0.2, 0.25) is 0 Å². The molecule has 5 heteroatoms. The van der Waals surface area contributed by atoms with Crippen molar-refractivity contribution in [3.63, 3.8) is 0 Å². The molecule has 1 unspecified atom stereocenters. The molecule has 2 rings (SSSR count). The second-order valence-electron chi connectivity index (χ2n) is 4.23. The molecule has 1 N–H and O–H groups in total. The van der Waals surface area contributed by atoms with E-state index < -0.39 is 0 Å². The fourth-order valence-electron chi connectivity index (χ4n) is 1.98. The molecule has 0 aliphatic heterocycles. The summed E-state index contributed by atoms with van der Waals surface area (Å²) in [5, 5.41) is 3.56. The monoisotopic (exact) mass is 465 g/mol. The molecule has 1 nitrogen and oxygen atoms in total. The third kappa shape index (κ3) is 3.70. The van der Waals surface area contributed by atoms with Crippen molar-refractivity contribution in [2.24, 2.45) is 0 Å². The van der Waals surface area contributed by atoms with Crippen molar-refractivity contribution in [3.05, 3.63) is 53.0 Å². The number of hydrogen-bond acceptors (Lipinski definition) is 2. The average Bonchev–Trinajstić information content (AvgIpc) is 2.66. The van der Waals surface area contributed by atoms with E-state index in [2.05, 4.69) is 91.2 Å². The zero-order valence-electron chi connectivity index (χ0n) is 10.6. The summed E-state index contributed by atoms with van der Waals surface area (Å²) >= 11 is 12.7. The van der Waals surface area contributed by atoms with Crippen molar-refractivity contribution < 1.29 is 0 Å². The van der Waals surface area contributed by atoms with Crippen LogP contribution in [-0.2, 0) is 0 Å². The molecule has 0 aliphatic rings. The molecule has 19 heavy (non-hydrogen) atoms. The largest absolute Gasteiger partial charge is 0.306 e. The second kappa shape index (κ2) is 6.85. The molecule has 1 heterocycles. The highest BCUT2D eigenvalue weighted by atomic mass is 79.9. The van der Waals surface area contributed by atoms with E-state index in [4.69, 9.17) is 0 Å². The first kappa shape index (κ1) is 15.7. The normalized spacial score (nSPS) is 12.7. The van der Waals surface area contributed by atoms with E-state index in [0.717, 1.165) is 15.5 Å². The summed E-state index contributed by atoms with van der Waals surface area (Å²) in [5.74, 6) is 0. The van der Waals surface area contributed by atoms with Crippen molar-refractivity contribution in [1.82, 2.24) is 5.32 Å². The smallest absolute Gasteiger partial charge is 0.0693 e. The topological polar surface area (TPSA) is 12.0 Å². The molecule has 1 aromatic heterocycles. The van der Waals surface area contributed by atoms with Crippen molar-refractivity contribution in [2.75, 3.05) is 6.54 Å². The van der Waals surface area contributed by atoms with Gasteiger partial charge in [0.1, 0.15) is 0 Å². The summed E-state index contributed by atoms with van der Waals surface area (Å²) in [4.78, 5) is 2.64. The third-order valence-corrected chi connectivity index (χ3v) is 5.99. The fourth-order valence-corrected chi connectivity index (χ4v) is 5.23. The molecule has 0 spiro atoms. The van der Waals surface area contributed by atoms with Gasteiger partial charge in [-0.05, 0) is 53.2 Å². The number of hydrogen-bond donors (Lipinski definition) is 1. The van der Waals surface area contributed by atoms with Crippen molar-refractivity contribution in [1.29, 1.82) is 0 Å². The minimum absolute atomic E-state index is 0.209. The van der Waals surface area contributed by atoms with Gasteiger partial charge < -0.3 is 5.32 Å². The quantitative estimate of drug-likeness (QED) is 0.577. The Hall–Kier alpha value is 0.320. The maximum atomic E-state index is 3.67. The van der Waals surface area contributed by atoms with Crippen LogP contribution in [-0.4, -0.2) is 6.54 Å². The van der Waals surface area contributed by atoms with Gasteiger partial charge in [-0.1, -0.05) is 44.8 Å². The minimum Gasteiger partial charge on any atom is -0.306 e. The van der Waals surface area contributed by atoms with E-state index >= 15 is 0 Å². The highest BCUT2D eigenvalue weighted by Gasteiger charge is 2.20. The summed E-state index contributed by atoms with van der Waals surface area (Å²) in [6.45, 7) is 5.20. The molecule has 2 aromatic rings. The van der Waals surface area contributed by atoms with Gasteiger partial charge in [0.15, 0.2) is 0 Å². The molecule has 0 amide bonds. The highest BCUT2D eigenvalue weighted by Crippen LogP contribution is 2.38. The SMILES string of the molecule is CCNC(c1ccc(Br)cc1Br)c1sc(C)cc1Br. The van der Waals surface area contributed by atoms with Crippen LogP contribution in [0.1, 0.15) is 28.3 Å². The lowest BCUT2D eigenvalue weighted by Crippen LogP contribution is -2.21. The Morgan fingerprint density at radius 3 is 2.42 bits per heavy atom. The Balaban J connectivity index is 2.48. The van der Waals surface area contributed by atoms with E-state index in [-0.39, 0.29) is 6.04 Å². The van der Waals surface area contributed by atoms with Crippen LogP contribution in [0.2, 0.25) is 0 Å². The van der Waals surface area contributed by atoms with E-state index in [0.29, 0.717) is 0 Å². The first-order valence-electron chi connectivity index (χ1n) is 5.97. The van der Waals surface area contributed by atoms with Crippen LogP contribution in [0.4, 0.5) is 0 Å². The lowest BCUT2D eigenvalue weighted by molar-refractivity contribution is 0.635. The second-order valence-corrected chi connectivity index (χ2v) is 8.14. The van der Waals surface area contributed by atoms with Crippen molar-refractivity contribution in [2.45, 2.75) is 19.9 Å². The van der Waals surface area contributed by atoms with Gasteiger partial charge in [-0.15, -0.1) is 11.3 Å². The Morgan fingerprint density at radius 2 is 1.89 bits per heavy atom. The van der Waals surface area contributed by atoms with E-state index in [1.807, 2.05) is 11.3 Å². The van der Waals surface area contributed by atoms with Gasteiger partial charge in [-0.2, -0.15) is 0 Å². The predicted octanol–water partition coefficient (Wildman–Crippen LogP) is 6.04. The van der Waals surface area contributed by atoms with E-state index in [1.165, 1.54) is 19.8 Å². The van der Waals surface area contributed by atoms with Gasteiger partial charge in [0.25, 0.3) is 0 Å². The molecule has 0 saturated heterocycles. The molecular weight excluding hydrogens is 454 g/mol. The van der Waals surface area contributed by atoms with Crippen LogP contribution in [0.5, 0.6) is 0 Å². The zero-order valence-corrected chi connectivity index (χ0v) is 16.2. The first-order valence-corrected chi connectivity index (χ1v) is 9.16. The van der Waals surface area contributed by atoms with Crippen LogP contribution in [0.3, 0.4) is 0 Å². The van der Waals surface area contributed by atoms with Gasteiger partial charge in [0, 0.05) is 23.2 Å². The summed E-state index contributed by atoms with van der Waals surface area (Å²) < 4.78 is 3.38. The molecular formula is C14H14Br3NS. The Bertz CT molecular complexity index is 580. The number of aryl methyl sites for hydroxylation is 1. The van der Waals surface area contributed by atoms with Crippen molar-refractivity contribution >= 4 is 59.1 Å². The Morgan fingerprint density at radius 1 is 1.16 bits per heavy atom. The highest BCUT2D eigenvalue weighted by molar-refractivity contribution is 9.11. The Kier molecular flexibility index (Phi) is 5.66. The van der Waals surface area contributed by atoms with E-state index in [1.54, 1.807) is 0 Å². The molecule has 1 atom stereocenters. The van der Waals surface area contributed by atoms with Crippen LogP contribution in [0, 0.1) is 6.92 Å². The molecule has 0 fully saturated rings. The van der Waals surface area contributed by atoms with Crippen LogP contribution in [0.15, 0.2) is 37.7 Å². The third-order valence-electron chi connectivity index (χ3n) is 2.78. The van der Waals surface area contributed by atoms with Gasteiger partial charge >= 0.3 is 0 Å². The number of benzene rings is 1. The molecule has 0 aliphatic carbocycles. The van der Waals surface area contributed by atoms with Crippen LogP contribution < -0.4 is 5.32 Å². The fraction of sp³-hybridized carbons (Fsp3) is 0.286. The Labute approximate surface area is 143 Å². The predicted molar refractivity (Wildman–Crippen MR) is 94.1 cm³/mol. The first-order chi connectivity index (χ1) is 9.02. The van der Waals surface area contributed by atoms with Gasteiger partial charge in [-0.3, -0.25) is 0 Å². The molecule has 0 bridgehead atoms. The lowest BCUT2D eigenvalue weighted by Gasteiger charge is -2.19. The lowest BCUT2D eigenvalue weighted by atomic mass is 10.1. The number of thiophene rings is 1. The maximum Gasteiger partial charge on any atom is 0.0693 e. The maximum absolute atomic E-state index is 3.67. The van der Waals surface area contributed by atoms with Gasteiger partial charge in [-0.25, -0.2) is 0 Å². The van der Waals surface area contributed by atoms with Gasteiger partial charge in [0.05, 0.1) is 6.04 Å².